The van der Waals surface area contributed by atoms with Gasteiger partial charge in [-0.25, -0.2) is 4.39 Å². The minimum atomic E-state index is -4.70. The summed E-state index contributed by atoms with van der Waals surface area (Å²) in [6.45, 7) is -0.0436. The van der Waals surface area contributed by atoms with Gasteiger partial charge in [0, 0.05) is 11.1 Å². The van der Waals surface area contributed by atoms with Crippen LogP contribution >= 0.6 is 0 Å². The van der Waals surface area contributed by atoms with Crippen molar-refractivity contribution < 1.29 is 41.4 Å². The molecule has 1 heterocycles. The van der Waals surface area contributed by atoms with E-state index < -0.39 is 30.8 Å². The van der Waals surface area contributed by atoms with Gasteiger partial charge < -0.3 is 23.8 Å². The lowest BCUT2D eigenvalue weighted by molar-refractivity contribution is -0.138. The van der Waals surface area contributed by atoms with E-state index in [1.807, 2.05) is 0 Å². The minimum Gasteiger partial charge on any atom is -0.490 e. The van der Waals surface area contributed by atoms with Gasteiger partial charge in [-0.3, -0.25) is 0 Å². The summed E-state index contributed by atoms with van der Waals surface area (Å²) in [6.07, 6.45) is -4.70. The Kier molecular flexibility index (Phi) is 8.75. The molecule has 0 aliphatic rings. The minimum absolute atomic E-state index is 0.0388. The molecular formula is C22H22F4N2O5. The van der Waals surface area contributed by atoms with Crippen LogP contribution in [0, 0.1) is 0 Å². The Hall–Kier alpha value is -3.02. The van der Waals surface area contributed by atoms with Crippen molar-refractivity contribution in [1.82, 2.24) is 10.1 Å². The average molecular weight is 469 g/mol. The summed E-state index contributed by atoms with van der Waals surface area (Å²) < 4.78 is 73.0. The summed E-state index contributed by atoms with van der Waals surface area (Å²) in [6, 6.07) is 10.4. The van der Waals surface area contributed by atoms with Crippen molar-refractivity contribution in [1.29, 1.82) is 0 Å². The smallest absolute Gasteiger partial charge is 0.419 e. The second kappa shape index (κ2) is 11.7. The van der Waals surface area contributed by atoms with Gasteiger partial charge in [0.1, 0.15) is 19.0 Å². The number of halogens is 4. The molecule has 3 rings (SSSR count). The van der Waals surface area contributed by atoms with E-state index in [1.54, 1.807) is 24.3 Å². The number of nitrogens with zero attached hydrogens (tertiary/aromatic N) is 2. The predicted octanol–water partition coefficient (Wildman–Crippen LogP) is 4.30. The molecule has 0 aliphatic carbocycles. The molecule has 1 N–H and O–H groups in total. The van der Waals surface area contributed by atoms with Gasteiger partial charge in [-0.15, -0.1) is 0 Å². The third kappa shape index (κ3) is 6.98. The molecule has 7 nitrogen and oxygen atoms in total. The fourth-order valence-corrected chi connectivity index (χ4v) is 2.84. The first-order chi connectivity index (χ1) is 15.9. The van der Waals surface area contributed by atoms with Crippen LogP contribution in [0.1, 0.15) is 11.1 Å². The monoisotopic (exact) mass is 469 g/mol. The molecule has 0 fully saturated rings. The maximum Gasteiger partial charge on any atom is 0.419 e. The van der Waals surface area contributed by atoms with Crippen LogP contribution < -0.4 is 4.74 Å². The normalized spacial score (nSPS) is 11.7. The van der Waals surface area contributed by atoms with Crippen LogP contribution in [-0.4, -0.2) is 55.0 Å². The van der Waals surface area contributed by atoms with Gasteiger partial charge in [0.05, 0.1) is 38.6 Å². The maximum absolute atomic E-state index is 13.4. The summed E-state index contributed by atoms with van der Waals surface area (Å²) in [5.41, 5.74) is 0.503. The summed E-state index contributed by atoms with van der Waals surface area (Å²) in [5, 5.41) is 12.5. The first-order valence-corrected chi connectivity index (χ1v) is 10.0. The van der Waals surface area contributed by atoms with Crippen LogP contribution in [-0.2, 0) is 22.3 Å². The number of rotatable bonds is 12. The zero-order chi connectivity index (χ0) is 23.7. The van der Waals surface area contributed by atoms with Crippen LogP contribution in [0.5, 0.6) is 5.75 Å². The predicted molar refractivity (Wildman–Crippen MR) is 109 cm³/mol. The first kappa shape index (κ1) is 24.6. The lowest BCUT2D eigenvalue weighted by atomic mass is 10.1. The highest BCUT2D eigenvalue weighted by Crippen LogP contribution is 2.38. The summed E-state index contributed by atoms with van der Waals surface area (Å²) >= 11 is 0. The second-order valence-corrected chi connectivity index (χ2v) is 6.75. The number of benzene rings is 2. The zero-order valence-corrected chi connectivity index (χ0v) is 17.5. The number of ether oxygens (including phenoxy) is 3. The molecule has 0 unspecified atom stereocenters. The van der Waals surface area contributed by atoms with E-state index >= 15 is 0 Å². The Morgan fingerprint density at radius 1 is 0.909 bits per heavy atom. The number of hydrogen-bond donors (Lipinski definition) is 1. The van der Waals surface area contributed by atoms with E-state index in [9.17, 15) is 17.6 Å². The van der Waals surface area contributed by atoms with Gasteiger partial charge in [0.2, 0.25) is 5.82 Å². The van der Waals surface area contributed by atoms with Crippen LogP contribution in [0.15, 0.2) is 47.0 Å². The molecule has 3 aromatic rings. The third-order valence-electron chi connectivity index (χ3n) is 4.38. The molecule has 0 atom stereocenters. The van der Waals surface area contributed by atoms with Crippen LogP contribution in [0.3, 0.4) is 0 Å². The van der Waals surface area contributed by atoms with Crippen LogP contribution in [0.25, 0.3) is 22.8 Å². The molecule has 0 amide bonds. The van der Waals surface area contributed by atoms with Gasteiger partial charge in [0.25, 0.3) is 5.89 Å². The van der Waals surface area contributed by atoms with E-state index in [4.69, 9.17) is 23.8 Å². The molecule has 0 bridgehead atoms. The fraction of sp³-hybridized carbons (Fsp3) is 0.364. The van der Waals surface area contributed by atoms with Crippen molar-refractivity contribution in [2.45, 2.75) is 12.8 Å². The molecule has 1 aromatic heterocycles. The van der Waals surface area contributed by atoms with E-state index in [-0.39, 0.29) is 30.5 Å². The molecule has 33 heavy (non-hydrogen) atoms. The van der Waals surface area contributed by atoms with E-state index in [2.05, 4.69) is 10.1 Å². The van der Waals surface area contributed by atoms with Crippen molar-refractivity contribution in [3.8, 4) is 28.6 Å². The van der Waals surface area contributed by atoms with E-state index in [0.717, 1.165) is 17.7 Å². The topological polar surface area (TPSA) is 86.8 Å². The molecule has 0 radical (unpaired) electrons. The lowest BCUT2D eigenvalue weighted by Crippen LogP contribution is -2.10. The molecule has 0 saturated heterocycles. The average Bonchev–Trinajstić information content (AvgIpc) is 3.30. The van der Waals surface area contributed by atoms with Gasteiger partial charge in [-0.2, -0.15) is 18.2 Å². The molecule has 0 aliphatic heterocycles. The van der Waals surface area contributed by atoms with Crippen molar-refractivity contribution in [2.75, 3.05) is 39.7 Å². The number of aliphatic hydroxyl groups is 1. The molecule has 11 heteroatoms. The summed E-state index contributed by atoms with van der Waals surface area (Å²) in [5.74, 6) is -0.356. The fourth-order valence-electron chi connectivity index (χ4n) is 2.84. The molecule has 2 aromatic carbocycles. The number of hydrogen-bond acceptors (Lipinski definition) is 7. The third-order valence-corrected chi connectivity index (χ3v) is 4.38. The molecule has 0 spiro atoms. The standard InChI is InChI=1S/C22H22F4N2O5/c23-7-9-32-19-6-5-17(13-18(19)22(24,25)26)21-27-20(28-33-21)16-3-1-15(2-4-16)14-31-12-11-30-10-8-29/h1-6,13,29H,7-12,14H2/i23-1. The maximum atomic E-state index is 13.4. The van der Waals surface area contributed by atoms with Crippen molar-refractivity contribution in [2.24, 2.45) is 0 Å². The Morgan fingerprint density at radius 3 is 2.33 bits per heavy atom. The van der Waals surface area contributed by atoms with Gasteiger partial charge in [0.15, 0.2) is 0 Å². The molecule has 0 saturated carbocycles. The van der Waals surface area contributed by atoms with Gasteiger partial charge >= 0.3 is 6.18 Å². The first-order valence-electron chi connectivity index (χ1n) is 10.0. The Labute approximate surface area is 186 Å². The molecule has 178 valence electrons. The largest absolute Gasteiger partial charge is 0.490 e. The number of alkyl halides is 4. The van der Waals surface area contributed by atoms with E-state index in [0.29, 0.717) is 25.4 Å². The van der Waals surface area contributed by atoms with Gasteiger partial charge in [-0.05, 0) is 23.8 Å². The zero-order valence-electron chi connectivity index (χ0n) is 17.5. The highest BCUT2D eigenvalue weighted by atomic mass is 19.4. The SMILES string of the molecule is OCCOCCOCc1ccc(-c2noc(-c3ccc(OCC[18F])c(C(F)(F)F)c3)n2)cc1. The Morgan fingerprint density at radius 2 is 1.64 bits per heavy atom. The highest BCUT2D eigenvalue weighted by molar-refractivity contribution is 5.62. The Bertz CT molecular complexity index is 1010. The van der Waals surface area contributed by atoms with E-state index in [1.165, 1.54) is 6.07 Å². The van der Waals surface area contributed by atoms with Gasteiger partial charge in [-0.1, -0.05) is 29.4 Å². The van der Waals surface area contributed by atoms with Crippen LogP contribution in [0.4, 0.5) is 17.6 Å². The van der Waals surface area contributed by atoms with Crippen molar-refractivity contribution in [3.63, 3.8) is 0 Å². The number of aromatic nitrogens is 2. The lowest BCUT2D eigenvalue weighted by Gasteiger charge is -2.13. The van der Waals surface area contributed by atoms with Crippen molar-refractivity contribution >= 4 is 0 Å². The highest BCUT2D eigenvalue weighted by Gasteiger charge is 2.35. The number of aliphatic hydroxyl groups excluding tert-OH is 1. The second-order valence-electron chi connectivity index (χ2n) is 6.75. The van der Waals surface area contributed by atoms with Crippen molar-refractivity contribution in [3.05, 3.63) is 53.6 Å². The molecular weight excluding hydrogens is 447 g/mol. The summed E-state index contributed by atoms with van der Waals surface area (Å²) in [7, 11) is 0. The quantitative estimate of drug-likeness (QED) is 0.313. The van der Waals surface area contributed by atoms with Crippen LogP contribution in [0.2, 0.25) is 0 Å². The Balaban J connectivity index is 1.68. The summed E-state index contributed by atoms with van der Waals surface area (Å²) in [4.78, 5) is 4.19.